The smallest absolute Gasteiger partial charge is 0.248 e. The molecule has 202 valence electrons. The van der Waals surface area contributed by atoms with E-state index in [0.717, 1.165) is 6.42 Å². The monoisotopic (exact) mass is 555 g/mol. The van der Waals surface area contributed by atoms with Crippen molar-refractivity contribution in [2.75, 3.05) is 17.2 Å². The van der Waals surface area contributed by atoms with E-state index in [4.69, 9.17) is 11.6 Å². The summed E-state index contributed by atoms with van der Waals surface area (Å²) in [6, 6.07) is 14.9. The van der Waals surface area contributed by atoms with E-state index in [9.17, 15) is 19.5 Å². The molecule has 3 unspecified atom stereocenters. The van der Waals surface area contributed by atoms with Gasteiger partial charge in [-0.05, 0) is 48.9 Å². The highest BCUT2D eigenvalue weighted by atomic mass is 35.5. The van der Waals surface area contributed by atoms with E-state index in [-0.39, 0.29) is 41.4 Å². The highest BCUT2D eigenvalue weighted by molar-refractivity contribution is 8.02. The fourth-order valence-corrected chi connectivity index (χ4v) is 9.37. The Balaban J connectivity index is 1.55. The van der Waals surface area contributed by atoms with E-state index in [2.05, 4.69) is 17.6 Å². The maximum absolute atomic E-state index is 14.3. The van der Waals surface area contributed by atoms with Gasteiger partial charge in [-0.2, -0.15) is 0 Å². The molecule has 9 heteroatoms. The molecule has 3 heterocycles. The highest BCUT2D eigenvalue weighted by Crippen LogP contribution is 2.69. The van der Waals surface area contributed by atoms with Crippen molar-refractivity contribution < 1.29 is 19.5 Å². The second kappa shape index (κ2) is 10.5. The molecule has 3 fully saturated rings. The van der Waals surface area contributed by atoms with Crippen LogP contribution in [0.15, 0.2) is 54.6 Å². The molecular weight excluding hydrogens is 522 g/mol. The third-order valence-electron chi connectivity index (χ3n) is 8.26. The van der Waals surface area contributed by atoms with E-state index in [1.54, 1.807) is 40.9 Å². The number of benzene rings is 2. The predicted octanol–water partition coefficient (Wildman–Crippen LogP) is 4.66. The normalized spacial score (nSPS) is 30.4. The van der Waals surface area contributed by atoms with E-state index in [0.29, 0.717) is 22.8 Å². The summed E-state index contributed by atoms with van der Waals surface area (Å²) in [6.07, 6.45) is 1.28. The van der Waals surface area contributed by atoms with Crippen LogP contribution in [0.5, 0.6) is 0 Å². The highest BCUT2D eigenvalue weighted by Gasteiger charge is 2.76. The zero-order chi connectivity index (χ0) is 27.2. The fraction of sp³-hybridized carbons (Fsp3) is 0.483. The summed E-state index contributed by atoms with van der Waals surface area (Å²) in [5, 5.41) is 16.7. The zero-order valence-electron chi connectivity index (χ0n) is 21.8. The summed E-state index contributed by atoms with van der Waals surface area (Å²) < 4.78 is -0.782. The van der Waals surface area contributed by atoms with Gasteiger partial charge in [-0.25, -0.2) is 0 Å². The minimum absolute atomic E-state index is 0.0256. The second-order valence-electron chi connectivity index (χ2n) is 11.1. The van der Waals surface area contributed by atoms with Crippen molar-refractivity contribution in [3.05, 3.63) is 59.6 Å². The number of aliphatic hydroxyl groups is 1. The first-order chi connectivity index (χ1) is 18.2. The van der Waals surface area contributed by atoms with Gasteiger partial charge in [-0.3, -0.25) is 14.4 Å². The van der Waals surface area contributed by atoms with Crippen LogP contribution >= 0.6 is 23.4 Å². The summed E-state index contributed by atoms with van der Waals surface area (Å²) >= 11 is 7.98. The summed E-state index contributed by atoms with van der Waals surface area (Å²) in [5.74, 6) is -1.76. The number of para-hydroxylation sites is 2. The van der Waals surface area contributed by atoms with Crippen LogP contribution in [-0.4, -0.2) is 56.4 Å². The molecular formula is C29H34ClN3O4S. The Bertz CT molecular complexity index is 1230. The van der Waals surface area contributed by atoms with Crippen LogP contribution in [0.3, 0.4) is 0 Å². The molecule has 3 amide bonds. The third-order valence-corrected chi connectivity index (χ3v) is 10.7. The SMILES string of the molecule is CC(C)C[C@H](CO)N1C(=O)[C@@H]2[C@@H](C(=O)Nc3ccccc3)[C@H]3CC(C)C2(S3)C1C(=O)Nc1ccccc1Cl. The molecule has 1 spiro atoms. The van der Waals surface area contributed by atoms with Crippen LogP contribution in [0.4, 0.5) is 11.4 Å². The maximum Gasteiger partial charge on any atom is 0.248 e. The van der Waals surface area contributed by atoms with Crippen LogP contribution < -0.4 is 10.6 Å². The number of nitrogens with zero attached hydrogens (tertiary/aromatic N) is 1. The molecule has 38 heavy (non-hydrogen) atoms. The van der Waals surface area contributed by atoms with Gasteiger partial charge in [0.1, 0.15) is 6.04 Å². The number of aliphatic hydroxyl groups excluding tert-OH is 1. The lowest BCUT2D eigenvalue weighted by molar-refractivity contribution is -0.141. The van der Waals surface area contributed by atoms with Crippen molar-refractivity contribution in [1.29, 1.82) is 0 Å². The number of carbonyl (C=O) groups excluding carboxylic acids is 3. The Hall–Kier alpha value is -2.55. The Morgan fingerprint density at radius 3 is 2.45 bits per heavy atom. The molecule has 0 radical (unpaired) electrons. The Morgan fingerprint density at radius 1 is 1.11 bits per heavy atom. The van der Waals surface area contributed by atoms with Gasteiger partial charge in [-0.15, -0.1) is 11.8 Å². The molecule has 3 aliphatic heterocycles. The Morgan fingerprint density at radius 2 is 1.79 bits per heavy atom. The average Bonchev–Trinajstić information content (AvgIpc) is 3.48. The molecule has 2 aromatic rings. The largest absolute Gasteiger partial charge is 0.394 e. The average molecular weight is 556 g/mol. The fourth-order valence-electron chi connectivity index (χ4n) is 6.78. The predicted molar refractivity (Wildman–Crippen MR) is 151 cm³/mol. The number of thioether (sulfide) groups is 1. The number of hydrogen-bond acceptors (Lipinski definition) is 5. The Labute approximate surface area is 232 Å². The minimum atomic E-state index is -0.841. The molecule has 7 nitrogen and oxygen atoms in total. The number of nitrogens with one attached hydrogen (secondary N) is 2. The number of amides is 3. The number of rotatable bonds is 8. The van der Waals surface area contributed by atoms with Gasteiger partial charge >= 0.3 is 0 Å². The molecule has 3 saturated heterocycles. The first-order valence-electron chi connectivity index (χ1n) is 13.2. The van der Waals surface area contributed by atoms with Crippen molar-refractivity contribution in [2.45, 2.75) is 55.7 Å². The third kappa shape index (κ3) is 4.40. The van der Waals surface area contributed by atoms with E-state index >= 15 is 0 Å². The van der Waals surface area contributed by atoms with Crippen molar-refractivity contribution in [2.24, 2.45) is 23.7 Å². The number of likely N-dealkylation sites (tertiary alicyclic amines) is 1. The molecule has 3 N–H and O–H groups in total. The van der Waals surface area contributed by atoms with Crippen LogP contribution in [0.1, 0.15) is 33.6 Å². The molecule has 2 aromatic carbocycles. The first-order valence-corrected chi connectivity index (χ1v) is 14.5. The van der Waals surface area contributed by atoms with Crippen molar-refractivity contribution in [1.82, 2.24) is 4.90 Å². The van der Waals surface area contributed by atoms with Gasteiger partial charge in [-0.1, -0.05) is 62.7 Å². The molecule has 0 aliphatic carbocycles. The van der Waals surface area contributed by atoms with E-state index in [1.165, 1.54) is 0 Å². The van der Waals surface area contributed by atoms with Gasteiger partial charge < -0.3 is 20.6 Å². The lowest BCUT2D eigenvalue weighted by Gasteiger charge is -2.40. The zero-order valence-corrected chi connectivity index (χ0v) is 23.3. The van der Waals surface area contributed by atoms with Crippen LogP contribution in [-0.2, 0) is 14.4 Å². The standard InChI is InChI=1S/C29H34ClN3O4S/c1-16(2)13-19(15-34)33-25(27(36)32-21-12-8-7-11-20(21)30)29-17(3)14-22(38-29)23(24(29)28(33)37)26(35)31-18-9-5-4-6-10-18/h4-12,16-17,19,22-25,34H,13-15H2,1-3H3,(H,31,35)(H,32,36)/t17?,19-,22-,23+,24+,25?,29?/m1/s1. The van der Waals surface area contributed by atoms with E-state index in [1.807, 2.05) is 44.2 Å². The van der Waals surface area contributed by atoms with Crippen molar-refractivity contribution >= 4 is 52.5 Å². The maximum atomic E-state index is 14.3. The van der Waals surface area contributed by atoms with Gasteiger partial charge in [0.05, 0.1) is 39.9 Å². The number of anilines is 2. The lowest BCUT2D eigenvalue weighted by atomic mass is 9.66. The minimum Gasteiger partial charge on any atom is -0.394 e. The number of carbonyl (C=O) groups is 3. The van der Waals surface area contributed by atoms with Crippen molar-refractivity contribution in [3.8, 4) is 0 Å². The summed E-state index contributed by atoms with van der Waals surface area (Å²) in [7, 11) is 0. The van der Waals surface area contributed by atoms with Crippen LogP contribution in [0.2, 0.25) is 5.02 Å². The van der Waals surface area contributed by atoms with Gasteiger partial charge in [0, 0.05) is 10.9 Å². The topological polar surface area (TPSA) is 98.7 Å². The van der Waals surface area contributed by atoms with Gasteiger partial charge in [0.25, 0.3) is 0 Å². The summed E-state index contributed by atoms with van der Waals surface area (Å²) in [5.41, 5.74) is 1.15. The number of fused-ring (bicyclic) bond motifs is 1. The molecule has 2 bridgehead atoms. The first kappa shape index (κ1) is 27.0. The number of halogens is 1. The van der Waals surface area contributed by atoms with Gasteiger partial charge in [0.2, 0.25) is 17.7 Å². The molecule has 7 atom stereocenters. The van der Waals surface area contributed by atoms with Gasteiger partial charge in [0.15, 0.2) is 0 Å². The van der Waals surface area contributed by atoms with E-state index < -0.39 is 28.7 Å². The van der Waals surface area contributed by atoms with Crippen LogP contribution in [0, 0.1) is 23.7 Å². The van der Waals surface area contributed by atoms with Crippen LogP contribution in [0.25, 0.3) is 0 Å². The second-order valence-corrected chi connectivity index (χ2v) is 13.0. The summed E-state index contributed by atoms with van der Waals surface area (Å²) in [4.78, 5) is 43.7. The molecule has 0 saturated carbocycles. The molecule has 5 rings (SSSR count). The summed E-state index contributed by atoms with van der Waals surface area (Å²) in [6.45, 7) is 5.88. The Kier molecular flexibility index (Phi) is 7.50. The quantitative estimate of drug-likeness (QED) is 0.440. The lowest BCUT2D eigenvalue weighted by Crippen LogP contribution is -2.57. The number of hydrogen-bond donors (Lipinski definition) is 3. The molecule has 3 aliphatic rings. The molecule has 0 aromatic heterocycles. The van der Waals surface area contributed by atoms with Crippen molar-refractivity contribution in [3.63, 3.8) is 0 Å².